The Bertz CT molecular complexity index is 1380. The quantitative estimate of drug-likeness (QED) is 0.138. The number of hydrogen-bond acceptors (Lipinski definition) is 7. The maximum absolute atomic E-state index is 14.3. The van der Waals surface area contributed by atoms with E-state index >= 15 is 0 Å². The lowest BCUT2D eigenvalue weighted by atomic mass is 9.84. The predicted octanol–water partition coefficient (Wildman–Crippen LogP) is 2.42. The number of nitrogens with one attached hydrogen (secondary N) is 4. The molecule has 1 heterocycles. The minimum atomic E-state index is -4.68. The summed E-state index contributed by atoms with van der Waals surface area (Å²) in [7, 11) is 0.344. The van der Waals surface area contributed by atoms with Crippen molar-refractivity contribution in [1.29, 1.82) is 0 Å². The summed E-state index contributed by atoms with van der Waals surface area (Å²) in [6, 6.07) is -5.73. The first-order valence-corrected chi connectivity index (χ1v) is 18.3. The fourth-order valence-corrected chi connectivity index (χ4v) is 6.55. The summed E-state index contributed by atoms with van der Waals surface area (Å²) < 4.78 is 67.1. The summed E-state index contributed by atoms with van der Waals surface area (Å²) in [5.74, 6) is -4.63. The van der Waals surface area contributed by atoms with Gasteiger partial charge < -0.3 is 26.2 Å². The molecule has 5 atom stereocenters. The van der Waals surface area contributed by atoms with Crippen LogP contribution in [0.25, 0.3) is 0 Å². The van der Waals surface area contributed by atoms with Gasteiger partial charge in [0.05, 0.1) is 6.04 Å². The van der Waals surface area contributed by atoms with Gasteiger partial charge in [-0.05, 0) is 35.5 Å². The third-order valence-corrected chi connectivity index (χ3v) is 10.7. The molecule has 1 aliphatic heterocycles. The van der Waals surface area contributed by atoms with Gasteiger partial charge in [-0.3, -0.25) is 19.2 Å². The lowest BCUT2D eigenvalue weighted by Gasteiger charge is -2.38. The van der Waals surface area contributed by atoms with Crippen LogP contribution < -0.4 is 21.3 Å². The molecule has 1 rings (SSSR count). The molecule has 14 nitrogen and oxygen atoms in total. The normalized spacial score (nSPS) is 19.0. The maximum atomic E-state index is 14.3. The van der Waals surface area contributed by atoms with E-state index in [1.807, 2.05) is 34.6 Å². The summed E-state index contributed by atoms with van der Waals surface area (Å²) >= 11 is 0. The maximum Gasteiger partial charge on any atom is 0.389 e. The van der Waals surface area contributed by atoms with Crippen LogP contribution in [0.5, 0.6) is 0 Å². The first-order valence-electron chi connectivity index (χ1n) is 16.9. The number of urea groups is 1. The summed E-state index contributed by atoms with van der Waals surface area (Å²) in [4.78, 5) is 68.3. The largest absolute Gasteiger partial charge is 0.389 e. The molecule has 4 N–H and O–H groups in total. The molecular formula is C33H58F3N7O7S. The average Bonchev–Trinajstić information content (AvgIpc) is 3.44. The van der Waals surface area contributed by atoms with Gasteiger partial charge in [-0.25, -0.2) is 4.79 Å². The Kier molecular flexibility index (Phi) is 16.1. The topological polar surface area (TPSA) is 177 Å². The highest BCUT2D eigenvalue weighted by atomic mass is 32.2. The number of likely N-dealkylation sites (tertiary alicyclic amines) is 1. The number of alkyl halides is 3. The number of Topliss-reactive ketones (excluding diaryl/α,β-unsaturated/α-hetero) is 1. The van der Waals surface area contributed by atoms with E-state index in [-0.39, 0.29) is 25.6 Å². The van der Waals surface area contributed by atoms with E-state index in [1.54, 1.807) is 20.8 Å². The number of likely N-dealkylation sites (N-methyl/N-ethyl adjacent to an activating group) is 1. The lowest BCUT2D eigenvalue weighted by Crippen LogP contribution is -2.62. The number of hydrogen-bond donors (Lipinski definition) is 4. The molecule has 0 saturated carbocycles. The molecule has 0 bridgehead atoms. The highest BCUT2D eigenvalue weighted by Gasteiger charge is 2.48. The molecule has 18 heteroatoms. The lowest BCUT2D eigenvalue weighted by molar-refractivity contribution is -0.147. The standard InChI is InChI=1S/C33H58F3N7O7S/c1-13-17-37-28(46)25(44)22(14-16-33(34,35)36)38-27(45)24-21(20(2)3)15-18-43(24)29(47)26(32(7,8)9)40-30(48)39-23(31(4,5)6)19-42(12)51(49,50)41(10)11/h13,20-24,26H,1,14-19H2,2-12H3,(H,37,46)(H,38,45)(H2,39,40,48)/t21?,22?,23-,24+,26-/m1/s1. The molecule has 0 aromatic heterocycles. The monoisotopic (exact) mass is 753 g/mol. The number of rotatable bonds is 16. The molecule has 0 radical (unpaired) electrons. The smallest absolute Gasteiger partial charge is 0.346 e. The van der Waals surface area contributed by atoms with Gasteiger partial charge in [-0.1, -0.05) is 61.5 Å². The first-order chi connectivity index (χ1) is 23.1. The predicted molar refractivity (Wildman–Crippen MR) is 187 cm³/mol. The van der Waals surface area contributed by atoms with Gasteiger partial charge in [0, 0.05) is 53.2 Å². The second kappa shape index (κ2) is 18.0. The van der Waals surface area contributed by atoms with Crippen molar-refractivity contribution in [2.45, 2.75) is 105 Å². The van der Waals surface area contributed by atoms with E-state index in [0.717, 1.165) is 8.61 Å². The SMILES string of the molecule is C=CCNC(=O)C(=O)C(CCC(F)(F)F)NC(=O)[C@@H]1C(C(C)C)CCN1C(=O)[C@@H](NC(=O)N[C@H](CN(C)S(=O)(=O)N(C)C)C(C)(C)C)C(C)(C)C. The van der Waals surface area contributed by atoms with Crippen LogP contribution in [0, 0.1) is 22.7 Å². The van der Waals surface area contributed by atoms with Crippen molar-refractivity contribution in [1.82, 2.24) is 34.8 Å². The summed E-state index contributed by atoms with van der Waals surface area (Å²) in [6.07, 6.45) is -5.39. The molecule has 5 amide bonds. The molecule has 2 unspecified atom stereocenters. The van der Waals surface area contributed by atoms with Crippen LogP contribution in [0.15, 0.2) is 12.7 Å². The minimum Gasteiger partial charge on any atom is -0.346 e. The Labute approximate surface area is 300 Å². The molecule has 0 spiro atoms. The zero-order valence-corrected chi connectivity index (χ0v) is 32.5. The molecule has 0 aliphatic carbocycles. The number of ketones is 1. The third kappa shape index (κ3) is 13.3. The van der Waals surface area contributed by atoms with E-state index < -0.39 is 99.7 Å². The van der Waals surface area contributed by atoms with E-state index in [0.29, 0.717) is 6.42 Å². The van der Waals surface area contributed by atoms with Crippen LogP contribution in [0.3, 0.4) is 0 Å². The van der Waals surface area contributed by atoms with E-state index in [2.05, 4.69) is 27.8 Å². The summed E-state index contributed by atoms with van der Waals surface area (Å²) in [5.41, 5.74) is -1.54. The van der Waals surface area contributed by atoms with Gasteiger partial charge in [-0.2, -0.15) is 30.2 Å². The van der Waals surface area contributed by atoms with Crippen molar-refractivity contribution in [2.75, 3.05) is 40.8 Å². The molecule has 1 fully saturated rings. The fourth-order valence-electron chi connectivity index (χ4n) is 5.65. The Hall–Kier alpha value is -3.25. The number of halogens is 3. The zero-order chi connectivity index (χ0) is 39.9. The number of carbonyl (C=O) groups excluding carboxylic acids is 5. The third-order valence-electron chi connectivity index (χ3n) is 8.87. The molecule has 1 aliphatic rings. The molecule has 0 aromatic carbocycles. The van der Waals surface area contributed by atoms with Crippen molar-refractivity contribution < 1.29 is 45.6 Å². The Morgan fingerprint density at radius 2 is 1.51 bits per heavy atom. The van der Waals surface area contributed by atoms with Crippen LogP contribution >= 0.6 is 0 Å². The molecule has 0 aromatic rings. The first kappa shape index (κ1) is 45.8. The van der Waals surface area contributed by atoms with E-state index in [9.17, 15) is 45.6 Å². The van der Waals surface area contributed by atoms with Gasteiger partial charge in [0.1, 0.15) is 12.1 Å². The molecular weight excluding hydrogens is 695 g/mol. The van der Waals surface area contributed by atoms with Crippen molar-refractivity contribution in [3.05, 3.63) is 12.7 Å². The second-order valence-corrected chi connectivity index (χ2v) is 17.9. The number of nitrogens with zero attached hydrogens (tertiary/aromatic N) is 3. The Morgan fingerprint density at radius 3 is 1.96 bits per heavy atom. The molecule has 1 saturated heterocycles. The van der Waals surface area contributed by atoms with Crippen molar-refractivity contribution >= 4 is 39.7 Å². The van der Waals surface area contributed by atoms with Gasteiger partial charge in [0.2, 0.25) is 17.6 Å². The number of amides is 5. The van der Waals surface area contributed by atoms with Crippen LogP contribution in [-0.4, -0.2) is 123 Å². The van der Waals surface area contributed by atoms with E-state index in [4.69, 9.17) is 0 Å². The highest BCUT2D eigenvalue weighted by molar-refractivity contribution is 7.86. The Balaban J connectivity index is 3.43. The van der Waals surface area contributed by atoms with Crippen LogP contribution in [0.2, 0.25) is 0 Å². The molecule has 294 valence electrons. The highest BCUT2D eigenvalue weighted by Crippen LogP contribution is 2.34. The van der Waals surface area contributed by atoms with Crippen molar-refractivity contribution in [2.24, 2.45) is 22.7 Å². The number of carbonyl (C=O) groups is 5. The molecule has 51 heavy (non-hydrogen) atoms. The van der Waals surface area contributed by atoms with Gasteiger partial charge in [0.25, 0.3) is 16.1 Å². The second-order valence-electron chi connectivity index (χ2n) is 15.7. The summed E-state index contributed by atoms with van der Waals surface area (Å²) in [5, 5.41) is 10.1. The Morgan fingerprint density at radius 1 is 0.941 bits per heavy atom. The fraction of sp³-hybridized carbons (Fsp3) is 0.788. The van der Waals surface area contributed by atoms with Crippen molar-refractivity contribution in [3.63, 3.8) is 0 Å². The van der Waals surface area contributed by atoms with Crippen LogP contribution in [0.4, 0.5) is 18.0 Å². The zero-order valence-electron chi connectivity index (χ0n) is 31.7. The van der Waals surface area contributed by atoms with E-state index in [1.165, 1.54) is 32.1 Å². The summed E-state index contributed by atoms with van der Waals surface area (Å²) in [6.45, 7) is 17.5. The average molecular weight is 754 g/mol. The van der Waals surface area contributed by atoms with Gasteiger partial charge in [-0.15, -0.1) is 6.58 Å². The van der Waals surface area contributed by atoms with Crippen LogP contribution in [0.1, 0.15) is 74.7 Å². The minimum absolute atomic E-state index is 0.0778. The van der Waals surface area contributed by atoms with Crippen molar-refractivity contribution in [3.8, 4) is 0 Å². The van der Waals surface area contributed by atoms with Gasteiger partial charge >= 0.3 is 12.2 Å². The van der Waals surface area contributed by atoms with Crippen LogP contribution in [-0.2, 0) is 29.4 Å². The van der Waals surface area contributed by atoms with Gasteiger partial charge in [0.15, 0.2) is 0 Å².